The van der Waals surface area contributed by atoms with E-state index in [-0.39, 0.29) is 18.2 Å². The quantitative estimate of drug-likeness (QED) is 0.842. The lowest BCUT2D eigenvalue weighted by atomic mass is 10.1. The van der Waals surface area contributed by atoms with Crippen molar-refractivity contribution >= 4 is 16.6 Å². The van der Waals surface area contributed by atoms with E-state index in [1.807, 2.05) is 24.3 Å². The maximum absolute atomic E-state index is 11.9. The highest BCUT2D eigenvalue weighted by atomic mass is 16.5. The second-order valence-corrected chi connectivity index (χ2v) is 4.45. The molecule has 2 rings (SSSR count). The summed E-state index contributed by atoms with van der Waals surface area (Å²) in [6.07, 6.45) is 0. The Hall–Kier alpha value is -1.85. The first-order valence-electron chi connectivity index (χ1n) is 6.12. The fraction of sp³-hybridized carbons (Fsp3) is 0.357. The van der Waals surface area contributed by atoms with Crippen LogP contribution in [-0.2, 0) is 11.8 Å². The minimum Gasteiger partial charge on any atom is -0.394 e. The van der Waals surface area contributed by atoms with Crippen molar-refractivity contribution in [3.05, 3.63) is 40.7 Å². The normalized spacial score (nSPS) is 12.6. The highest BCUT2D eigenvalue weighted by molar-refractivity contribution is 5.91. The van der Waals surface area contributed by atoms with Gasteiger partial charge in [0, 0.05) is 31.3 Å². The molecule has 0 fully saturated rings. The second kappa shape index (κ2) is 5.86. The van der Waals surface area contributed by atoms with Crippen LogP contribution in [0.25, 0.3) is 10.9 Å². The topological polar surface area (TPSA) is 63.5 Å². The summed E-state index contributed by atoms with van der Waals surface area (Å²) in [6.45, 7) is 0.317. The molecule has 0 saturated heterocycles. The van der Waals surface area contributed by atoms with Crippen molar-refractivity contribution in [2.24, 2.45) is 7.05 Å². The largest absolute Gasteiger partial charge is 0.394 e. The Morgan fingerprint density at radius 3 is 2.84 bits per heavy atom. The van der Waals surface area contributed by atoms with E-state index in [2.05, 4.69) is 5.32 Å². The van der Waals surface area contributed by atoms with Crippen molar-refractivity contribution in [2.45, 2.75) is 6.04 Å². The van der Waals surface area contributed by atoms with Crippen LogP contribution in [0, 0.1) is 0 Å². The molecule has 5 heteroatoms. The third-order valence-corrected chi connectivity index (χ3v) is 3.10. The zero-order valence-corrected chi connectivity index (χ0v) is 11.1. The molecule has 0 radical (unpaired) electrons. The number of rotatable bonds is 5. The summed E-state index contributed by atoms with van der Waals surface area (Å²) in [6, 6.07) is 8.96. The molecule has 1 heterocycles. The van der Waals surface area contributed by atoms with Crippen molar-refractivity contribution in [1.29, 1.82) is 0 Å². The number of anilines is 1. The molecule has 2 aromatic rings. The number of benzene rings is 1. The number of pyridine rings is 1. The lowest BCUT2D eigenvalue weighted by Crippen LogP contribution is -2.30. The highest BCUT2D eigenvalue weighted by Crippen LogP contribution is 2.21. The Labute approximate surface area is 111 Å². The van der Waals surface area contributed by atoms with Gasteiger partial charge in [-0.1, -0.05) is 18.2 Å². The van der Waals surface area contributed by atoms with E-state index >= 15 is 0 Å². The second-order valence-electron chi connectivity index (χ2n) is 4.45. The van der Waals surface area contributed by atoms with Gasteiger partial charge in [-0.15, -0.1) is 0 Å². The van der Waals surface area contributed by atoms with Gasteiger partial charge >= 0.3 is 0 Å². The summed E-state index contributed by atoms with van der Waals surface area (Å²) in [5, 5.41) is 13.4. The molecule has 0 aliphatic carbocycles. The van der Waals surface area contributed by atoms with E-state index in [1.54, 1.807) is 24.8 Å². The van der Waals surface area contributed by atoms with Crippen LogP contribution in [0.5, 0.6) is 0 Å². The zero-order valence-electron chi connectivity index (χ0n) is 11.1. The minimum absolute atomic E-state index is 0.0582. The third kappa shape index (κ3) is 2.77. The van der Waals surface area contributed by atoms with Gasteiger partial charge in [0.25, 0.3) is 5.56 Å². The summed E-state index contributed by atoms with van der Waals surface area (Å²) in [5.74, 6) is 0. The molecule has 0 aliphatic heterocycles. The van der Waals surface area contributed by atoms with E-state index in [0.717, 1.165) is 16.6 Å². The number of hydrogen-bond donors (Lipinski definition) is 2. The monoisotopic (exact) mass is 262 g/mol. The van der Waals surface area contributed by atoms with E-state index in [4.69, 9.17) is 4.74 Å². The number of aliphatic hydroxyl groups excluding tert-OH is 1. The van der Waals surface area contributed by atoms with Crippen molar-refractivity contribution in [3.8, 4) is 0 Å². The maximum Gasteiger partial charge on any atom is 0.252 e. The van der Waals surface area contributed by atoms with Gasteiger partial charge in [0.1, 0.15) is 0 Å². The first kappa shape index (κ1) is 13.6. The van der Waals surface area contributed by atoms with Crippen LogP contribution in [0.2, 0.25) is 0 Å². The van der Waals surface area contributed by atoms with Crippen molar-refractivity contribution < 1.29 is 9.84 Å². The molecular weight excluding hydrogens is 244 g/mol. The number of aliphatic hydroxyl groups is 1. The Morgan fingerprint density at radius 2 is 2.16 bits per heavy atom. The van der Waals surface area contributed by atoms with Gasteiger partial charge in [-0.05, 0) is 6.07 Å². The van der Waals surface area contributed by atoms with Gasteiger partial charge in [0.05, 0.1) is 24.8 Å². The molecular formula is C14H18N2O3. The number of para-hydroxylation sites is 1. The van der Waals surface area contributed by atoms with Gasteiger partial charge in [-0.3, -0.25) is 4.79 Å². The molecule has 0 amide bonds. The first-order valence-corrected chi connectivity index (χ1v) is 6.12. The van der Waals surface area contributed by atoms with Crippen LogP contribution in [-0.4, -0.2) is 36.0 Å². The van der Waals surface area contributed by atoms with Gasteiger partial charge < -0.3 is 19.7 Å². The van der Waals surface area contributed by atoms with Crippen molar-refractivity contribution in [3.63, 3.8) is 0 Å². The molecule has 0 spiro atoms. The summed E-state index contributed by atoms with van der Waals surface area (Å²) >= 11 is 0. The number of nitrogens with one attached hydrogen (secondary N) is 1. The average molecular weight is 262 g/mol. The molecule has 0 saturated carbocycles. The number of aromatic nitrogens is 1. The minimum atomic E-state index is -0.236. The number of nitrogens with zero attached hydrogens (tertiary/aromatic N) is 1. The van der Waals surface area contributed by atoms with Crippen LogP contribution < -0.4 is 10.9 Å². The SMILES string of the molecule is COCC(CO)Nc1cc(=O)n(C)c2ccccc12. The van der Waals surface area contributed by atoms with Gasteiger partial charge in [0.15, 0.2) is 0 Å². The van der Waals surface area contributed by atoms with E-state index in [9.17, 15) is 9.90 Å². The number of hydrogen-bond acceptors (Lipinski definition) is 4. The lowest BCUT2D eigenvalue weighted by molar-refractivity contribution is 0.153. The molecule has 19 heavy (non-hydrogen) atoms. The molecule has 0 aliphatic rings. The van der Waals surface area contributed by atoms with Crippen molar-refractivity contribution in [2.75, 3.05) is 25.6 Å². The van der Waals surface area contributed by atoms with Crippen LogP contribution in [0.1, 0.15) is 0 Å². The molecule has 1 aromatic carbocycles. The maximum atomic E-state index is 11.9. The Morgan fingerprint density at radius 1 is 1.42 bits per heavy atom. The van der Waals surface area contributed by atoms with Gasteiger partial charge in [0.2, 0.25) is 0 Å². The summed E-state index contributed by atoms with van der Waals surface area (Å²) in [7, 11) is 3.32. The van der Waals surface area contributed by atoms with Gasteiger partial charge in [-0.2, -0.15) is 0 Å². The third-order valence-electron chi connectivity index (χ3n) is 3.10. The van der Waals surface area contributed by atoms with Crippen LogP contribution in [0.15, 0.2) is 35.1 Å². The summed E-state index contributed by atoms with van der Waals surface area (Å²) in [5.41, 5.74) is 1.48. The molecule has 102 valence electrons. The number of methoxy groups -OCH3 is 1. The van der Waals surface area contributed by atoms with E-state index in [1.165, 1.54) is 0 Å². The molecule has 1 aromatic heterocycles. The number of fused-ring (bicyclic) bond motifs is 1. The Kier molecular flexibility index (Phi) is 4.19. The Balaban J connectivity index is 2.48. The van der Waals surface area contributed by atoms with Crippen molar-refractivity contribution in [1.82, 2.24) is 4.57 Å². The molecule has 0 bridgehead atoms. The van der Waals surface area contributed by atoms with E-state index in [0.29, 0.717) is 6.61 Å². The predicted molar refractivity (Wildman–Crippen MR) is 75.6 cm³/mol. The molecule has 1 atom stereocenters. The predicted octanol–water partition coefficient (Wildman–Crippen LogP) is 0.958. The Bertz CT molecular complexity index is 622. The average Bonchev–Trinajstić information content (AvgIpc) is 2.44. The fourth-order valence-corrected chi connectivity index (χ4v) is 2.09. The van der Waals surface area contributed by atoms with Crippen LogP contribution >= 0.6 is 0 Å². The first-order chi connectivity index (χ1) is 9.17. The lowest BCUT2D eigenvalue weighted by Gasteiger charge is -2.18. The number of aryl methyl sites for hydroxylation is 1. The number of ether oxygens (including phenoxy) is 1. The molecule has 5 nitrogen and oxygen atoms in total. The smallest absolute Gasteiger partial charge is 0.252 e. The summed E-state index contributed by atoms with van der Waals surface area (Å²) < 4.78 is 6.63. The van der Waals surface area contributed by atoms with Crippen LogP contribution in [0.4, 0.5) is 5.69 Å². The molecule has 1 unspecified atom stereocenters. The fourth-order valence-electron chi connectivity index (χ4n) is 2.09. The standard InChI is InChI=1S/C14H18N2O3/c1-16-13-6-4-3-5-11(13)12(7-14(16)18)15-10(8-17)9-19-2/h3-7,10,15,17H,8-9H2,1-2H3. The molecule has 2 N–H and O–H groups in total. The van der Waals surface area contributed by atoms with Gasteiger partial charge in [-0.25, -0.2) is 0 Å². The highest BCUT2D eigenvalue weighted by Gasteiger charge is 2.11. The van der Waals surface area contributed by atoms with Crippen LogP contribution in [0.3, 0.4) is 0 Å². The zero-order chi connectivity index (χ0) is 13.8. The van der Waals surface area contributed by atoms with E-state index < -0.39 is 0 Å². The summed E-state index contributed by atoms with van der Waals surface area (Å²) in [4.78, 5) is 11.9.